The largest absolute Gasteiger partial charge is 0.490 e. The van der Waals surface area contributed by atoms with Crippen LogP contribution >= 0.6 is 23.2 Å². The maximum absolute atomic E-state index is 10.6. The van der Waals surface area contributed by atoms with Crippen LogP contribution in [0.2, 0.25) is 10.0 Å². The molecule has 0 saturated heterocycles. The van der Waals surface area contributed by atoms with Crippen LogP contribution in [-0.2, 0) is 16.1 Å². The standard InChI is InChI=1S/C23H27Cl2N5.2C2HF3O2/c1-30(2)22-20-5-3-4-6-21(20)28-23(29-22)27-19-9-7-18(8-10-19)26-14-15-11-16(24)13-17(25)12-15;2*3-2(4,5)1(6)7/h3-6,11-13,18-19,26H,7-10,14H2,1-2H3,(H,27,28,29);2*(H,6,7)/t18-,19+;;. The van der Waals surface area contributed by atoms with Gasteiger partial charge in [-0.1, -0.05) is 35.3 Å². The van der Waals surface area contributed by atoms with E-state index in [1.807, 2.05) is 49.3 Å². The third-order valence-corrected chi connectivity index (χ3v) is 6.51. The van der Waals surface area contributed by atoms with Gasteiger partial charge in [0.1, 0.15) is 5.82 Å². The molecule has 44 heavy (non-hydrogen) atoms. The molecule has 3 aromatic rings. The lowest BCUT2D eigenvalue weighted by Gasteiger charge is -2.30. The second-order valence-electron chi connectivity index (χ2n) is 9.74. The minimum Gasteiger partial charge on any atom is -0.475 e. The third-order valence-electron chi connectivity index (χ3n) is 6.07. The van der Waals surface area contributed by atoms with Gasteiger partial charge in [0.2, 0.25) is 5.95 Å². The topological polar surface area (TPSA) is 128 Å². The summed E-state index contributed by atoms with van der Waals surface area (Å²) in [6, 6.07) is 14.7. The number of hydrogen-bond acceptors (Lipinski definition) is 7. The van der Waals surface area contributed by atoms with E-state index < -0.39 is 24.3 Å². The normalized spacial score (nSPS) is 16.6. The van der Waals surface area contributed by atoms with Gasteiger partial charge in [0, 0.05) is 48.2 Å². The van der Waals surface area contributed by atoms with Gasteiger partial charge in [-0.3, -0.25) is 0 Å². The minimum atomic E-state index is -5.08. The molecular formula is C27H29Cl2F6N5O4. The molecule has 2 aromatic carbocycles. The molecule has 242 valence electrons. The van der Waals surface area contributed by atoms with Gasteiger partial charge in [-0.15, -0.1) is 0 Å². The molecule has 1 heterocycles. The molecule has 0 amide bonds. The molecule has 1 saturated carbocycles. The molecule has 0 aliphatic heterocycles. The number of carboxylic acid groups (broad SMARTS) is 2. The number of aliphatic carboxylic acids is 2. The van der Waals surface area contributed by atoms with Crippen LogP contribution in [0.5, 0.6) is 0 Å². The smallest absolute Gasteiger partial charge is 0.475 e. The van der Waals surface area contributed by atoms with E-state index in [0.29, 0.717) is 28.1 Å². The highest BCUT2D eigenvalue weighted by Crippen LogP contribution is 2.27. The number of fused-ring (bicyclic) bond motifs is 1. The average molecular weight is 672 g/mol. The molecule has 0 unspecified atom stereocenters. The van der Waals surface area contributed by atoms with Crippen LogP contribution in [0.3, 0.4) is 0 Å². The zero-order valence-corrected chi connectivity index (χ0v) is 24.8. The Morgan fingerprint density at radius 3 is 1.82 bits per heavy atom. The molecule has 0 spiro atoms. The summed E-state index contributed by atoms with van der Waals surface area (Å²) in [5, 5.41) is 23.9. The SMILES string of the molecule is CN(C)c1nc(N[C@H]2CC[C@@H](NCc3cc(Cl)cc(Cl)c3)CC2)nc2ccccc12.O=C(O)C(F)(F)F.O=C(O)C(F)(F)F. The number of carbonyl (C=O) groups is 2. The maximum atomic E-state index is 10.6. The first-order valence-electron chi connectivity index (χ1n) is 12.9. The Morgan fingerprint density at radius 1 is 0.864 bits per heavy atom. The molecule has 1 fully saturated rings. The van der Waals surface area contributed by atoms with Crippen LogP contribution in [0.15, 0.2) is 42.5 Å². The van der Waals surface area contributed by atoms with Gasteiger partial charge in [-0.2, -0.15) is 31.3 Å². The molecule has 0 atom stereocenters. The van der Waals surface area contributed by atoms with Crippen molar-refractivity contribution in [1.29, 1.82) is 0 Å². The van der Waals surface area contributed by atoms with E-state index >= 15 is 0 Å². The summed E-state index contributed by atoms with van der Waals surface area (Å²) >= 11 is 12.2. The fourth-order valence-corrected chi connectivity index (χ4v) is 4.64. The Morgan fingerprint density at radius 2 is 1.34 bits per heavy atom. The van der Waals surface area contributed by atoms with E-state index in [9.17, 15) is 26.3 Å². The van der Waals surface area contributed by atoms with E-state index in [0.717, 1.165) is 54.5 Å². The number of alkyl halides is 6. The number of aromatic nitrogens is 2. The van der Waals surface area contributed by atoms with Crippen molar-refractivity contribution in [3.05, 3.63) is 58.1 Å². The van der Waals surface area contributed by atoms with Gasteiger partial charge in [0.05, 0.1) is 5.52 Å². The lowest BCUT2D eigenvalue weighted by molar-refractivity contribution is -0.193. The summed E-state index contributed by atoms with van der Waals surface area (Å²) < 4.78 is 63.5. The van der Waals surface area contributed by atoms with Crippen molar-refractivity contribution in [2.75, 3.05) is 24.3 Å². The molecule has 0 bridgehead atoms. The highest BCUT2D eigenvalue weighted by atomic mass is 35.5. The number of benzene rings is 2. The van der Waals surface area contributed by atoms with E-state index in [-0.39, 0.29) is 0 Å². The first kappa shape index (κ1) is 36.6. The third kappa shape index (κ3) is 12.2. The predicted octanol–water partition coefficient (Wildman–Crippen LogP) is 6.78. The van der Waals surface area contributed by atoms with Gasteiger partial charge >= 0.3 is 24.3 Å². The van der Waals surface area contributed by atoms with Crippen LogP contribution in [-0.4, -0.2) is 70.7 Å². The fraction of sp³-hybridized carbons (Fsp3) is 0.407. The molecule has 0 radical (unpaired) electrons. The van der Waals surface area contributed by atoms with E-state index in [1.165, 1.54) is 0 Å². The van der Waals surface area contributed by atoms with Crippen molar-refractivity contribution in [1.82, 2.24) is 15.3 Å². The second kappa shape index (κ2) is 16.0. The summed E-state index contributed by atoms with van der Waals surface area (Å²) in [7, 11) is 4.03. The van der Waals surface area contributed by atoms with Gasteiger partial charge in [0.25, 0.3) is 0 Å². The Hall–Kier alpha value is -3.56. The number of anilines is 2. The maximum Gasteiger partial charge on any atom is 0.490 e. The lowest BCUT2D eigenvalue weighted by Crippen LogP contribution is -2.37. The number of para-hydroxylation sites is 1. The Bertz CT molecular complexity index is 1370. The van der Waals surface area contributed by atoms with Crippen molar-refractivity contribution in [2.45, 2.75) is 56.7 Å². The molecule has 4 rings (SSSR count). The van der Waals surface area contributed by atoms with Gasteiger partial charge in [-0.25, -0.2) is 14.6 Å². The number of halogens is 8. The van der Waals surface area contributed by atoms with E-state index in [2.05, 4.69) is 16.7 Å². The fourth-order valence-electron chi connectivity index (χ4n) is 4.06. The predicted molar refractivity (Wildman–Crippen MR) is 154 cm³/mol. The van der Waals surface area contributed by atoms with Gasteiger partial charge in [-0.05, 0) is 61.6 Å². The number of rotatable bonds is 6. The zero-order valence-electron chi connectivity index (χ0n) is 23.3. The molecule has 9 nitrogen and oxygen atoms in total. The van der Waals surface area contributed by atoms with Crippen LogP contribution in [0.1, 0.15) is 31.2 Å². The summed E-state index contributed by atoms with van der Waals surface area (Å²) in [4.78, 5) is 29.3. The highest BCUT2D eigenvalue weighted by molar-refractivity contribution is 6.34. The lowest BCUT2D eigenvalue weighted by atomic mass is 9.91. The number of hydrogen-bond donors (Lipinski definition) is 4. The van der Waals surface area contributed by atoms with Crippen molar-refractivity contribution in [3.63, 3.8) is 0 Å². The first-order valence-corrected chi connectivity index (χ1v) is 13.6. The van der Waals surface area contributed by atoms with Crippen LogP contribution in [0.25, 0.3) is 10.9 Å². The van der Waals surface area contributed by atoms with Crippen molar-refractivity contribution < 1.29 is 46.1 Å². The summed E-state index contributed by atoms with van der Waals surface area (Å²) in [5.41, 5.74) is 2.09. The zero-order chi connectivity index (χ0) is 33.2. The quantitative estimate of drug-likeness (QED) is 0.210. The molecule has 1 aliphatic rings. The van der Waals surface area contributed by atoms with Gasteiger partial charge < -0.3 is 25.7 Å². The molecule has 4 N–H and O–H groups in total. The molecule has 1 aliphatic carbocycles. The van der Waals surface area contributed by atoms with Crippen LogP contribution in [0.4, 0.5) is 38.1 Å². The number of nitrogens with zero attached hydrogens (tertiary/aromatic N) is 3. The Labute approximate surface area is 258 Å². The highest BCUT2D eigenvalue weighted by Gasteiger charge is 2.38. The average Bonchev–Trinajstić information content (AvgIpc) is 2.91. The molecular weight excluding hydrogens is 643 g/mol. The van der Waals surface area contributed by atoms with Crippen molar-refractivity contribution in [3.8, 4) is 0 Å². The van der Waals surface area contributed by atoms with Crippen LogP contribution in [0, 0.1) is 0 Å². The monoisotopic (exact) mass is 671 g/mol. The van der Waals surface area contributed by atoms with Gasteiger partial charge in [0.15, 0.2) is 0 Å². The molecule has 1 aromatic heterocycles. The number of nitrogens with one attached hydrogen (secondary N) is 2. The van der Waals surface area contributed by atoms with Crippen LogP contribution < -0.4 is 15.5 Å². The van der Waals surface area contributed by atoms with E-state index in [1.54, 1.807) is 6.07 Å². The summed E-state index contributed by atoms with van der Waals surface area (Å²) in [6.45, 7) is 0.781. The van der Waals surface area contributed by atoms with Crippen molar-refractivity contribution in [2.24, 2.45) is 0 Å². The van der Waals surface area contributed by atoms with Crippen molar-refractivity contribution >= 4 is 57.8 Å². The Balaban J connectivity index is 0.000000402. The summed E-state index contributed by atoms with van der Waals surface area (Å²) in [5.74, 6) is -3.86. The Kier molecular flexibility index (Phi) is 13.3. The minimum absolute atomic E-state index is 0.389. The first-order chi connectivity index (χ1) is 20.4. The second-order valence-corrected chi connectivity index (χ2v) is 10.6. The number of carboxylic acids is 2. The van der Waals surface area contributed by atoms with E-state index in [4.69, 9.17) is 53.0 Å². The molecule has 17 heteroatoms. The summed E-state index contributed by atoms with van der Waals surface area (Å²) in [6.07, 6.45) is -5.77.